The van der Waals surface area contributed by atoms with Crippen LogP contribution >= 0.6 is 33.9 Å². The summed E-state index contributed by atoms with van der Waals surface area (Å²) >= 11 is 3.40. The molecule has 0 saturated carbocycles. The van der Waals surface area contributed by atoms with Crippen molar-refractivity contribution in [3.8, 4) is 11.5 Å². The number of carboxylic acids is 1. The van der Waals surface area contributed by atoms with E-state index < -0.39 is 18.0 Å². The number of hydrogen-bond donors (Lipinski definition) is 1. The Morgan fingerprint density at radius 3 is 2.43 bits per heavy atom. The molecule has 260 valence electrons. The number of fused-ring (bicyclic) bond motifs is 1. The molecule has 1 aliphatic heterocycles. The monoisotopic (exact) mass is 814 g/mol. The maximum Gasteiger partial charge on any atom is 0.338 e. The van der Waals surface area contributed by atoms with Gasteiger partial charge in [0.25, 0.3) is 5.56 Å². The van der Waals surface area contributed by atoms with Gasteiger partial charge in [0, 0.05) is 5.56 Å². The number of rotatable bonds is 11. The molecule has 1 aromatic heterocycles. The fourth-order valence-electron chi connectivity index (χ4n) is 5.88. The summed E-state index contributed by atoms with van der Waals surface area (Å²) in [4.78, 5) is 45.0. The minimum atomic E-state index is -1.01. The SMILES string of the molecule is CCOC(=O)C1=C(c2ccccc2)N=c2s/c(=C\c3cc(I)c(OCc4cccc(C(=O)O)c4)c(OC)c3)c(=O)n2[C@@H]1c1ccc(C(C)C)cc1. The van der Waals surface area contributed by atoms with Gasteiger partial charge in [-0.25, -0.2) is 14.6 Å². The zero-order valence-electron chi connectivity index (χ0n) is 28.4. The highest BCUT2D eigenvalue weighted by atomic mass is 127. The summed E-state index contributed by atoms with van der Waals surface area (Å²) in [5, 5.41) is 9.35. The molecule has 1 aliphatic rings. The zero-order valence-corrected chi connectivity index (χ0v) is 31.4. The van der Waals surface area contributed by atoms with Crippen molar-refractivity contribution in [2.75, 3.05) is 13.7 Å². The molecule has 0 bridgehead atoms. The fourth-order valence-corrected chi connectivity index (χ4v) is 7.67. The van der Waals surface area contributed by atoms with Crippen LogP contribution in [0.25, 0.3) is 11.8 Å². The van der Waals surface area contributed by atoms with Gasteiger partial charge in [0.2, 0.25) is 0 Å². The van der Waals surface area contributed by atoms with E-state index in [1.807, 2.05) is 60.7 Å². The molecule has 0 spiro atoms. The second kappa shape index (κ2) is 15.5. The Labute approximate surface area is 312 Å². The summed E-state index contributed by atoms with van der Waals surface area (Å²) in [6.45, 7) is 6.29. The average molecular weight is 815 g/mol. The van der Waals surface area contributed by atoms with Gasteiger partial charge < -0.3 is 19.3 Å². The van der Waals surface area contributed by atoms with Crippen LogP contribution < -0.4 is 24.4 Å². The van der Waals surface area contributed by atoms with E-state index in [0.717, 1.165) is 20.3 Å². The van der Waals surface area contributed by atoms with Crippen molar-refractivity contribution < 1.29 is 28.9 Å². The van der Waals surface area contributed by atoms with E-state index in [9.17, 15) is 19.5 Å². The highest BCUT2D eigenvalue weighted by molar-refractivity contribution is 14.1. The van der Waals surface area contributed by atoms with Gasteiger partial charge in [-0.3, -0.25) is 9.36 Å². The number of ether oxygens (including phenoxy) is 3. The predicted molar refractivity (Wildman–Crippen MR) is 205 cm³/mol. The standard InChI is InChI=1S/C40H35IN2O7S/c1-5-49-39(47)33-34(27-11-7-6-8-12-27)42-40-43(35(33)28-16-14-26(15-17-28)23(2)3)37(44)32(51-40)21-25-19-30(41)36(31(20-25)48-4)50-22-24-10-9-13-29(18-24)38(45)46/h6-21,23,35H,5,22H2,1-4H3,(H,45,46)/b32-21-/t35-/m1/s1. The van der Waals surface area contributed by atoms with E-state index in [4.69, 9.17) is 19.2 Å². The van der Waals surface area contributed by atoms with Gasteiger partial charge in [-0.15, -0.1) is 0 Å². The van der Waals surface area contributed by atoms with Crippen molar-refractivity contribution in [3.05, 3.63) is 153 Å². The van der Waals surface area contributed by atoms with Gasteiger partial charge >= 0.3 is 11.9 Å². The van der Waals surface area contributed by atoms with Crippen LogP contribution in [0.1, 0.15) is 70.9 Å². The molecular weight excluding hydrogens is 779 g/mol. The first-order chi connectivity index (χ1) is 24.6. The summed E-state index contributed by atoms with van der Waals surface area (Å²) in [6, 6.07) is 26.9. The van der Waals surface area contributed by atoms with Crippen LogP contribution in [0.5, 0.6) is 11.5 Å². The second-order valence-electron chi connectivity index (χ2n) is 12.1. The third-order valence-electron chi connectivity index (χ3n) is 8.40. The zero-order chi connectivity index (χ0) is 36.2. The number of carbonyl (C=O) groups excluding carboxylic acids is 1. The lowest BCUT2D eigenvalue weighted by Gasteiger charge is -2.26. The summed E-state index contributed by atoms with van der Waals surface area (Å²) < 4.78 is 20.1. The molecule has 6 rings (SSSR count). The van der Waals surface area contributed by atoms with Crippen molar-refractivity contribution in [3.63, 3.8) is 0 Å². The molecule has 4 aromatic carbocycles. The van der Waals surface area contributed by atoms with Crippen molar-refractivity contribution >= 4 is 57.6 Å². The number of carbonyl (C=O) groups is 2. The maximum absolute atomic E-state index is 14.4. The number of nitrogens with zero attached hydrogens (tertiary/aromatic N) is 2. The van der Waals surface area contributed by atoms with Crippen molar-refractivity contribution in [2.24, 2.45) is 4.99 Å². The van der Waals surface area contributed by atoms with Gasteiger partial charge in [0.1, 0.15) is 6.61 Å². The maximum atomic E-state index is 14.4. The molecule has 0 amide bonds. The number of esters is 1. The van der Waals surface area contributed by atoms with Crippen LogP contribution in [-0.2, 0) is 16.1 Å². The number of aromatic carboxylic acids is 1. The van der Waals surface area contributed by atoms with Crippen molar-refractivity contribution in [1.82, 2.24) is 4.57 Å². The number of benzene rings is 4. The quantitative estimate of drug-likeness (QED) is 0.113. The summed E-state index contributed by atoms with van der Waals surface area (Å²) in [7, 11) is 1.54. The third-order valence-corrected chi connectivity index (χ3v) is 10.2. The molecule has 1 atom stereocenters. The second-order valence-corrected chi connectivity index (χ2v) is 14.3. The fraction of sp³-hybridized carbons (Fsp3) is 0.200. The molecule has 2 heterocycles. The molecule has 11 heteroatoms. The number of thiazole rings is 1. The number of halogens is 1. The first-order valence-corrected chi connectivity index (χ1v) is 18.2. The van der Waals surface area contributed by atoms with E-state index in [-0.39, 0.29) is 24.3 Å². The lowest BCUT2D eigenvalue weighted by Crippen LogP contribution is -2.40. The Morgan fingerprint density at radius 1 is 1.02 bits per heavy atom. The molecule has 51 heavy (non-hydrogen) atoms. The molecule has 0 unspecified atom stereocenters. The molecule has 0 radical (unpaired) electrons. The van der Waals surface area contributed by atoms with Crippen molar-refractivity contribution in [2.45, 2.75) is 39.3 Å². The summed E-state index contributed by atoms with van der Waals surface area (Å²) in [5.74, 6) is -0.289. The summed E-state index contributed by atoms with van der Waals surface area (Å²) in [5.41, 5.74) is 4.69. The first-order valence-electron chi connectivity index (χ1n) is 16.3. The molecule has 0 saturated heterocycles. The van der Waals surface area contributed by atoms with Crippen LogP contribution in [0.3, 0.4) is 0 Å². The molecule has 0 aliphatic carbocycles. The van der Waals surface area contributed by atoms with Gasteiger partial charge in [-0.2, -0.15) is 0 Å². The molecule has 5 aromatic rings. The minimum Gasteiger partial charge on any atom is -0.493 e. The Kier molecular flexibility index (Phi) is 10.9. The van der Waals surface area contributed by atoms with Crippen LogP contribution in [0, 0.1) is 3.57 Å². The third kappa shape index (κ3) is 7.54. The number of hydrogen-bond acceptors (Lipinski definition) is 8. The Hall–Kier alpha value is -5.01. The molecular formula is C40H35IN2O7S. The largest absolute Gasteiger partial charge is 0.493 e. The summed E-state index contributed by atoms with van der Waals surface area (Å²) in [6.07, 6.45) is 1.78. The van der Waals surface area contributed by atoms with Crippen LogP contribution in [0.15, 0.2) is 106 Å². The highest BCUT2D eigenvalue weighted by Gasteiger charge is 2.35. The predicted octanol–water partition coefficient (Wildman–Crippen LogP) is 6.95. The highest BCUT2D eigenvalue weighted by Crippen LogP contribution is 2.37. The Morgan fingerprint density at radius 2 is 1.76 bits per heavy atom. The smallest absolute Gasteiger partial charge is 0.338 e. The Balaban J connectivity index is 1.47. The topological polar surface area (TPSA) is 116 Å². The van der Waals surface area contributed by atoms with Crippen LogP contribution in [-0.4, -0.2) is 35.3 Å². The normalized spacial score (nSPS) is 14.2. The van der Waals surface area contributed by atoms with E-state index in [0.29, 0.717) is 49.1 Å². The van der Waals surface area contributed by atoms with Gasteiger partial charge in [0.15, 0.2) is 16.3 Å². The minimum absolute atomic E-state index is 0.135. The average Bonchev–Trinajstić information content (AvgIpc) is 3.44. The number of methoxy groups -OCH3 is 1. The van der Waals surface area contributed by atoms with Gasteiger partial charge in [-0.05, 0) is 88.0 Å². The molecule has 9 nitrogen and oxygen atoms in total. The molecule has 1 N–H and O–H groups in total. The lowest BCUT2D eigenvalue weighted by atomic mass is 9.91. The first kappa shape index (κ1) is 35.8. The van der Waals surface area contributed by atoms with Crippen molar-refractivity contribution in [1.29, 1.82) is 0 Å². The van der Waals surface area contributed by atoms with Gasteiger partial charge in [-0.1, -0.05) is 91.9 Å². The number of carboxylic acid groups (broad SMARTS) is 1. The van der Waals surface area contributed by atoms with Crippen LogP contribution in [0.4, 0.5) is 0 Å². The Bertz CT molecular complexity index is 2330. The lowest BCUT2D eigenvalue weighted by molar-refractivity contribution is -0.138. The number of aromatic nitrogens is 1. The molecule has 0 fully saturated rings. The van der Waals surface area contributed by atoms with Gasteiger partial charge in [0.05, 0.1) is 44.7 Å². The van der Waals surface area contributed by atoms with E-state index >= 15 is 0 Å². The van der Waals surface area contributed by atoms with E-state index in [2.05, 4.69) is 36.4 Å². The van der Waals surface area contributed by atoms with E-state index in [1.165, 1.54) is 24.5 Å². The van der Waals surface area contributed by atoms with Crippen LogP contribution in [0.2, 0.25) is 0 Å². The van der Waals surface area contributed by atoms with E-state index in [1.54, 1.807) is 41.8 Å².